The maximum Gasteiger partial charge on any atom is 0.346 e. The molecule has 4 rings (SSSR count). The van der Waals surface area contributed by atoms with Crippen molar-refractivity contribution in [1.82, 2.24) is 9.78 Å². The second-order valence-electron chi connectivity index (χ2n) is 6.84. The minimum Gasteiger partial charge on any atom is -0.402 e. The van der Waals surface area contributed by atoms with Gasteiger partial charge in [-0.15, -0.1) is 0 Å². The Bertz CT molecular complexity index is 1380. The molecule has 0 saturated carbocycles. The van der Waals surface area contributed by atoms with Crippen molar-refractivity contribution in [2.45, 2.75) is 16.7 Å². The van der Waals surface area contributed by atoms with Crippen LogP contribution in [0.5, 0.6) is 5.88 Å². The minimum absolute atomic E-state index is 0.00480. The predicted molar refractivity (Wildman–Crippen MR) is 115 cm³/mol. The molecule has 174 valence electrons. The monoisotopic (exact) mass is 510 g/mol. The number of ether oxygens (including phenoxy) is 1. The summed E-state index contributed by atoms with van der Waals surface area (Å²) in [5.41, 5.74) is 0.520. The number of hydrogen-bond acceptors (Lipinski definition) is 4. The second-order valence-corrected chi connectivity index (χ2v) is 8.27. The number of carbonyl (C=O) groups is 1. The number of para-hydroxylation sites is 1. The molecule has 4 aromatic rings. The molecule has 0 unspecified atom stereocenters. The van der Waals surface area contributed by atoms with Gasteiger partial charge in [-0.25, -0.2) is 26.7 Å². The summed E-state index contributed by atoms with van der Waals surface area (Å²) in [6, 6.07) is 14.3. The molecule has 0 fully saturated rings. The first kappa shape index (κ1) is 23.8. The van der Waals surface area contributed by atoms with Gasteiger partial charge in [-0.2, -0.15) is 9.78 Å². The van der Waals surface area contributed by atoms with Crippen molar-refractivity contribution in [1.29, 1.82) is 0 Å². The van der Waals surface area contributed by atoms with Crippen LogP contribution >= 0.6 is 23.4 Å². The molecule has 4 nitrogen and oxygen atoms in total. The fourth-order valence-electron chi connectivity index (χ4n) is 2.99. The zero-order valence-corrected chi connectivity index (χ0v) is 18.7. The topological polar surface area (TPSA) is 44.1 Å². The summed E-state index contributed by atoms with van der Waals surface area (Å²) in [5, 5.41) is 4.33. The predicted octanol–water partition coefficient (Wildman–Crippen LogP) is 6.90. The van der Waals surface area contributed by atoms with Crippen LogP contribution in [0.4, 0.5) is 22.0 Å². The molecule has 0 saturated heterocycles. The number of nitrogens with zero attached hydrogens (tertiary/aromatic N) is 2. The smallest absolute Gasteiger partial charge is 0.346 e. The van der Waals surface area contributed by atoms with Crippen molar-refractivity contribution in [3.8, 4) is 11.6 Å². The molecule has 1 heterocycles. The number of hydrogen-bond donors (Lipinski definition) is 0. The molecule has 0 atom stereocenters. The lowest BCUT2D eigenvalue weighted by molar-refractivity contribution is 0.0718. The molecular formula is C23H12ClF5N2O2S. The lowest BCUT2D eigenvalue weighted by Crippen LogP contribution is -2.13. The first-order valence-corrected chi connectivity index (χ1v) is 10.7. The molecule has 3 aromatic carbocycles. The molecule has 0 bridgehead atoms. The van der Waals surface area contributed by atoms with Crippen molar-refractivity contribution >= 4 is 29.3 Å². The van der Waals surface area contributed by atoms with Crippen LogP contribution in [0.25, 0.3) is 5.69 Å². The highest BCUT2D eigenvalue weighted by atomic mass is 35.5. The Morgan fingerprint density at radius 3 is 2.03 bits per heavy atom. The molecule has 0 spiro atoms. The molecule has 34 heavy (non-hydrogen) atoms. The molecule has 0 aliphatic carbocycles. The summed E-state index contributed by atoms with van der Waals surface area (Å²) >= 11 is 6.26. The van der Waals surface area contributed by atoms with Gasteiger partial charge in [0, 0.05) is 0 Å². The largest absolute Gasteiger partial charge is 0.402 e. The van der Waals surface area contributed by atoms with Crippen molar-refractivity contribution in [2.24, 2.45) is 0 Å². The third-order valence-electron chi connectivity index (χ3n) is 4.62. The van der Waals surface area contributed by atoms with Crippen molar-refractivity contribution < 1.29 is 31.5 Å². The molecule has 0 amide bonds. The quantitative estimate of drug-likeness (QED) is 0.127. The van der Waals surface area contributed by atoms with E-state index in [0.29, 0.717) is 5.69 Å². The highest BCUT2D eigenvalue weighted by Gasteiger charge is 2.30. The summed E-state index contributed by atoms with van der Waals surface area (Å²) in [6.07, 6.45) is 0. The number of rotatable bonds is 5. The number of esters is 1. The summed E-state index contributed by atoms with van der Waals surface area (Å²) in [5.74, 6) is -11.7. The van der Waals surface area contributed by atoms with E-state index in [9.17, 15) is 26.7 Å². The normalized spacial score (nSPS) is 11.0. The number of halogens is 6. The lowest BCUT2D eigenvalue weighted by atomic mass is 10.2. The van der Waals surface area contributed by atoms with Crippen LogP contribution in [0.15, 0.2) is 64.4 Å². The lowest BCUT2D eigenvalue weighted by Gasteiger charge is -2.12. The van der Waals surface area contributed by atoms with Gasteiger partial charge in [-0.3, -0.25) is 0 Å². The van der Waals surface area contributed by atoms with Gasteiger partial charge in [0.25, 0.3) is 0 Å². The highest BCUT2D eigenvalue weighted by Crippen LogP contribution is 2.42. The first-order chi connectivity index (χ1) is 16.2. The number of benzene rings is 3. The first-order valence-electron chi connectivity index (χ1n) is 9.51. The van der Waals surface area contributed by atoms with Crippen LogP contribution < -0.4 is 4.74 Å². The fraction of sp³-hybridized carbons (Fsp3) is 0.0435. The average molecular weight is 511 g/mol. The standard InChI is InChI=1S/C23H12ClF5N2O2S/c1-11-20(34-21-18(28)16(26)15(25)17(27)19(21)29)22(31(30-11)12-7-3-2-4-8-12)33-23(32)13-9-5-6-10-14(13)24/h2-10H,1H3. The van der Waals surface area contributed by atoms with E-state index in [4.69, 9.17) is 16.3 Å². The summed E-state index contributed by atoms with van der Waals surface area (Å²) < 4.78 is 76.4. The van der Waals surface area contributed by atoms with Gasteiger partial charge in [0.15, 0.2) is 23.3 Å². The van der Waals surface area contributed by atoms with Gasteiger partial charge in [-0.05, 0) is 31.2 Å². The van der Waals surface area contributed by atoms with E-state index >= 15 is 0 Å². The third-order valence-corrected chi connectivity index (χ3v) is 6.19. The van der Waals surface area contributed by atoms with Crippen molar-refractivity contribution in [2.75, 3.05) is 0 Å². The molecule has 0 radical (unpaired) electrons. The maximum absolute atomic E-state index is 14.4. The Balaban J connectivity index is 1.87. The van der Waals surface area contributed by atoms with Crippen LogP contribution in [0.2, 0.25) is 5.02 Å². The Morgan fingerprint density at radius 1 is 0.853 bits per heavy atom. The van der Waals surface area contributed by atoms with Gasteiger partial charge >= 0.3 is 5.97 Å². The van der Waals surface area contributed by atoms with E-state index < -0.39 is 40.0 Å². The van der Waals surface area contributed by atoms with Gasteiger partial charge in [0.05, 0.1) is 31.8 Å². The Labute approximate surface area is 198 Å². The van der Waals surface area contributed by atoms with Crippen LogP contribution in [-0.2, 0) is 0 Å². The van der Waals surface area contributed by atoms with E-state index in [-0.39, 0.29) is 38.8 Å². The van der Waals surface area contributed by atoms with Gasteiger partial charge in [0.1, 0.15) is 0 Å². The van der Waals surface area contributed by atoms with Gasteiger partial charge < -0.3 is 4.74 Å². The van der Waals surface area contributed by atoms with E-state index in [0.717, 1.165) is 0 Å². The molecule has 0 aliphatic heterocycles. The van der Waals surface area contributed by atoms with Crippen LogP contribution in [-0.4, -0.2) is 15.7 Å². The van der Waals surface area contributed by atoms with Gasteiger partial charge in [-0.1, -0.05) is 53.7 Å². The maximum atomic E-state index is 14.4. The Hall–Kier alpha value is -3.37. The Morgan fingerprint density at radius 2 is 1.41 bits per heavy atom. The zero-order chi connectivity index (χ0) is 24.6. The average Bonchev–Trinajstić information content (AvgIpc) is 3.14. The van der Waals surface area contributed by atoms with E-state index in [2.05, 4.69) is 5.10 Å². The van der Waals surface area contributed by atoms with Crippen LogP contribution in [0.3, 0.4) is 0 Å². The van der Waals surface area contributed by atoms with Crippen molar-refractivity contribution in [3.05, 3.63) is 100.0 Å². The zero-order valence-electron chi connectivity index (χ0n) is 17.1. The van der Waals surface area contributed by atoms with Crippen LogP contribution in [0, 0.1) is 36.0 Å². The molecule has 1 aromatic heterocycles. The Kier molecular flexibility index (Phi) is 6.63. The second kappa shape index (κ2) is 9.47. The summed E-state index contributed by atoms with van der Waals surface area (Å²) in [7, 11) is 0. The van der Waals surface area contributed by atoms with Crippen LogP contribution in [0.1, 0.15) is 16.1 Å². The number of aromatic nitrogens is 2. The van der Waals surface area contributed by atoms with E-state index in [1.807, 2.05) is 0 Å². The summed E-state index contributed by atoms with van der Waals surface area (Å²) in [4.78, 5) is 11.5. The minimum atomic E-state index is -2.28. The molecule has 11 heteroatoms. The molecular weight excluding hydrogens is 499 g/mol. The van der Waals surface area contributed by atoms with Gasteiger partial charge in [0.2, 0.25) is 11.7 Å². The third kappa shape index (κ3) is 4.26. The SMILES string of the molecule is Cc1nn(-c2ccccc2)c(OC(=O)c2ccccc2Cl)c1Sc1c(F)c(F)c(F)c(F)c1F. The van der Waals surface area contributed by atoms with E-state index in [1.165, 1.54) is 23.7 Å². The summed E-state index contributed by atoms with van der Waals surface area (Å²) in [6.45, 7) is 1.43. The molecule has 0 N–H and O–H groups in total. The fourth-order valence-corrected chi connectivity index (χ4v) is 4.17. The highest BCUT2D eigenvalue weighted by molar-refractivity contribution is 7.99. The number of aryl methyl sites for hydroxylation is 1. The van der Waals surface area contributed by atoms with E-state index in [1.54, 1.807) is 42.5 Å². The number of carbonyl (C=O) groups excluding carboxylic acids is 1. The van der Waals surface area contributed by atoms with Crippen molar-refractivity contribution in [3.63, 3.8) is 0 Å². The molecule has 0 aliphatic rings.